The maximum atomic E-state index is 12.9. The zero-order chi connectivity index (χ0) is 20.1. The Hall–Kier alpha value is -2.58. The number of fused-ring (bicyclic) bond motifs is 1. The molecular formula is C19H20ClN3O4S. The highest BCUT2D eigenvalue weighted by molar-refractivity contribution is 7.00. The third-order valence-electron chi connectivity index (χ3n) is 3.79. The predicted octanol–water partition coefficient (Wildman–Crippen LogP) is 4.79. The van der Waals surface area contributed by atoms with Crippen LogP contribution in [0, 0.1) is 0 Å². The van der Waals surface area contributed by atoms with Crippen LogP contribution in [-0.2, 0) is 0 Å². The number of halogens is 1. The zero-order valence-corrected chi connectivity index (χ0v) is 17.3. The van der Waals surface area contributed by atoms with Gasteiger partial charge in [-0.15, -0.1) is 0 Å². The van der Waals surface area contributed by atoms with Gasteiger partial charge >= 0.3 is 0 Å². The lowest BCUT2D eigenvalue weighted by molar-refractivity contribution is 0.102. The smallest absolute Gasteiger partial charge is 0.256 e. The molecule has 0 atom stereocenters. The van der Waals surface area contributed by atoms with E-state index in [1.165, 1.54) is 0 Å². The summed E-state index contributed by atoms with van der Waals surface area (Å²) in [5.41, 5.74) is 1.99. The van der Waals surface area contributed by atoms with Crippen LogP contribution in [0.2, 0.25) is 5.02 Å². The van der Waals surface area contributed by atoms with Crippen LogP contribution in [0.4, 0.5) is 5.69 Å². The Morgan fingerprint density at radius 1 is 1.04 bits per heavy atom. The molecule has 9 heteroatoms. The molecule has 0 saturated heterocycles. The Bertz CT molecular complexity index is 965. The maximum absolute atomic E-state index is 12.9. The van der Waals surface area contributed by atoms with Gasteiger partial charge in [0.05, 0.1) is 42.3 Å². The van der Waals surface area contributed by atoms with E-state index in [0.717, 1.165) is 11.7 Å². The van der Waals surface area contributed by atoms with Crippen LogP contribution in [-0.4, -0.2) is 34.5 Å². The molecular weight excluding hydrogens is 402 g/mol. The molecule has 148 valence electrons. The minimum atomic E-state index is -0.368. The molecule has 0 unspecified atom stereocenters. The summed E-state index contributed by atoms with van der Waals surface area (Å²) in [6, 6.07) is 6.68. The third-order valence-corrected chi connectivity index (χ3v) is 4.64. The van der Waals surface area contributed by atoms with Crippen molar-refractivity contribution in [2.45, 2.75) is 20.8 Å². The molecule has 0 spiro atoms. The Kier molecular flexibility index (Phi) is 6.53. The van der Waals surface area contributed by atoms with Crippen molar-refractivity contribution in [2.75, 3.05) is 25.1 Å². The molecule has 0 aliphatic rings. The highest BCUT2D eigenvalue weighted by Gasteiger charge is 2.20. The number of rotatable bonds is 8. The van der Waals surface area contributed by atoms with Crippen molar-refractivity contribution >= 4 is 46.0 Å². The van der Waals surface area contributed by atoms with E-state index in [2.05, 4.69) is 14.1 Å². The van der Waals surface area contributed by atoms with Crippen molar-refractivity contribution in [3.05, 3.63) is 34.9 Å². The molecule has 3 aromatic rings. The van der Waals surface area contributed by atoms with E-state index in [1.54, 1.807) is 24.3 Å². The topological polar surface area (TPSA) is 82.6 Å². The molecule has 1 heterocycles. The van der Waals surface area contributed by atoms with Gasteiger partial charge in [-0.1, -0.05) is 11.6 Å². The van der Waals surface area contributed by atoms with Gasteiger partial charge in [-0.05, 0) is 45.0 Å². The van der Waals surface area contributed by atoms with Crippen LogP contribution in [0.5, 0.6) is 17.2 Å². The molecule has 1 N–H and O–H groups in total. The van der Waals surface area contributed by atoms with Crippen molar-refractivity contribution < 1.29 is 19.0 Å². The van der Waals surface area contributed by atoms with E-state index < -0.39 is 0 Å². The number of hydrogen-bond donors (Lipinski definition) is 1. The summed E-state index contributed by atoms with van der Waals surface area (Å²) >= 11 is 7.33. The lowest BCUT2D eigenvalue weighted by Gasteiger charge is -2.17. The lowest BCUT2D eigenvalue weighted by Crippen LogP contribution is -2.14. The van der Waals surface area contributed by atoms with Gasteiger partial charge in [0, 0.05) is 5.56 Å². The average Bonchev–Trinajstić information content (AvgIpc) is 3.15. The van der Waals surface area contributed by atoms with Crippen molar-refractivity contribution in [1.29, 1.82) is 0 Å². The van der Waals surface area contributed by atoms with Crippen LogP contribution >= 0.6 is 23.3 Å². The number of benzene rings is 2. The largest absolute Gasteiger partial charge is 0.490 e. The second-order valence-electron chi connectivity index (χ2n) is 5.61. The van der Waals surface area contributed by atoms with Gasteiger partial charge in [-0.3, -0.25) is 4.79 Å². The van der Waals surface area contributed by atoms with Gasteiger partial charge in [0.15, 0.2) is 11.5 Å². The molecule has 3 rings (SSSR count). The number of nitrogens with zero attached hydrogens (tertiary/aromatic N) is 2. The number of hydrogen-bond acceptors (Lipinski definition) is 7. The first kappa shape index (κ1) is 20.2. The molecule has 28 heavy (non-hydrogen) atoms. The second kappa shape index (κ2) is 9.07. The van der Waals surface area contributed by atoms with Gasteiger partial charge in [0.25, 0.3) is 5.91 Å². The SMILES string of the molecule is CCOc1cc(C(=O)Nc2c(Cl)ccc3nsnc23)cc(OCC)c1OCC. The normalized spacial score (nSPS) is 10.7. The van der Waals surface area contributed by atoms with Gasteiger partial charge in [-0.2, -0.15) is 8.75 Å². The van der Waals surface area contributed by atoms with Gasteiger partial charge in [-0.25, -0.2) is 0 Å². The van der Waals surface area contributed by atoms with E-state index in [1.807, 2.05) is 20.8 Å². The van der Waals surface area contributed by atoms with Gasteiger partial charge < -0.3 is 19.5 Å². The summed E-state index contributed by atoms with van der Waals surface area (Å²) in [5, 5.41) is 3.21. The van der Waals surface area contributed by atoms with Crippen LogP contribution in [0.25, 0.3) is 11.0 Å². The second-order valence-corrected chi connectivity index (χ2v) is 6.54. The molecule has 0 fully saturated rings. The summed E-state index contributed by atoms with van der Waals surface area (Å²) in [7, 11) is 0. The van der Waals surface area contributed by atoms with E-state index >= 15 is 0 Å². The van der Waals surface area contributed by atoms with Crippen LogP contribution < -0.4 is 19.5 Å². The Balaban J connectivity index is 2.00. The molecule has 0 aliphatic carbocycles. The molecule has 2 aromatic carbocycles. The first-order valence-corrected chi connectivity index (χ1v) is 9.98. The number of amides is 1. The van der Waals surface area contributed by atoms with Crippen molar-refractivity contribution in [3.8, 4) is 17.2 Å². The van der Waals surface area contributed by atoms with Gasteiger partial charge in [0.2, 0.25) is 5.75 Å². The number of ether oxygens (including phenoxy) is 3. The van der Waals surface area contributed by atoms with E-state index in [4.69, 9.17) is 25.8 Å². The quantitative estimate of drug-likeness (QED) is 0.562. The van der Waals surface area contributed by atoms with Crippen molar-refractivity contribution in [1.82, 2.24) is 8.75 Å². The van der Waals surface area contributed by atoms with Crippen LogP contribution in [0.3, 0.4) is 0 Å². The van der Waals surface area contributed by atoms with Crippen molar-refractivity contribution in [2.24, 2.45) is 0 Å². The minimum Gasteiger partial charge on any atom is -0.490 e. The molecule has 1 aromatic heterocycles. The van der Waals surface area contributed by atoms with E-state index in [9.17, 15) is 4.79 Å². The fraction of sp³-hybridized carbons (Fsp3) is 0.316. The first-order valence-electron chi connectivity index (χ1n) is 8.87. The van der Waals surface area contributed by atoms with Crippen molar-refractivity contribution in [3.63, 3.8) is 0 Å². The number of carbonyl (C=O) groups excluding carboxylic acids is 1. The molecule has 0 bridgehead atoms. The van der Waals surface area contributed by atoms with Crippen LogP contribution in [0.1, 0.15) is 31.1 Å². The van der Waals surface area contributed by atoms with E-state index in [-0.39, 0.29) is 5.91 Å². The summed E-state index contributed by atoms with van der Waals surface area (Å²) in [4.78, 5) is 12.9. The summed E-state index contributed by atoms with van der Waals surface area (Å²) in [5.74, 6) is 0.999. The monoisotopic (exact) mass is 421 g/mol. The Morgan fingerprint density at radius 2 is 1.68 bits per heavy atom. The average molecular weight is 422 g/mol. The molecule has 7 nitrogen and oxygen atoms in total. The number of carbonyl (C=O) groups is 1. The molecule has 1 amide bonds. The minimum absolute atomic E-state index is 0.353. The Labute approximate surface area is 171 Å². The highest BCUT2D eigenvalue weighted by atomic mass is 35.5. The number of anilines is 1. The third kappa shape index (κ3) is 4.13. The zero-order valence-electron chi connectivity index (χ0n) is 15.7. The molecule has 0 saturated carbocycles. The van der Waals surface area contributed by atoms with Gasteiger partial charge in [0.1, 0.15) is 11.0 Å². The number of aromatic nitrogens is 2. The lowest BCUT2D eigenvalue weighted by atomic mass is 10.1. The first-order chi connectivity index (χ1) is 13.6. The van der Waals surface area contributed by atoms with E-state index in [0.29, 0.717) is 64.4 Å². The molecule has 0 radical (unpaired) electrons. The molecule has 0 aliphatic heterocycles. The Morgan fingerprint density at radius 3 is 2.29 bits per heavy atom. The number of nitrogens with one attached hydrogen (secondary N) is 1. The fourth-order valence-corrected chi connectivity index (χ4v) is 3.39. The summed E-state index contributed by atoms with van der Waals surface area (Å²) in [6.07, 6.45) is 0. The predicted molar refractivity (Wildman–Crippen MR) is 110 cm³/mol. The summed E-state index contributed by atoms with van der Waals surface area (Å²) in [6.45, 7) is 6.88. The summed E-state index contributed by atoms with van der Waals surface area (Å²) < 4.78 is 25.4. The van der Waals surface area contributed by atoms with Crippen LogP contribution in [0.15, 0.2) is 24.3 Å². The fourth-order valence-electron chi connectivity index (χ4n) is 2.65. The maximum Gasteiger partial charge on any atom is 0.256 e. The highest BCUT2D eigenvalue weighted by Crippen LogP contribution is 2.39. The standard InChI is InChI=1S/C19H20ClN3O4S/c1-4-25-14-9-11(10-15(26-5-2)18(14)27-6-3)19(24)21-16-12(20)7-8-13-17(16)23-28-22-13/h7-10H,4-6H2,1-3H3,(H,21,24).